The predicted molar refractivity (Wildman–Crippen MR) is 41.6 cm³/mol. The third-order valence-electron chi connectivity index (χ3n) is 2.90. The van der Waals surface area contributed by atoms with Crippen molar-refractivity contribution in [3.8, 4) is 0 Å². The zero-order chi connectivity index (χ0) is 8.77. The summed E-state index contributed by atoms with van der Waals surface area (Å²) in [5.74, 6) is -1.09. The number of aliphatic carboxylic acids is 1. The number of carboxylic acids is 1. The van der Waals surface area contributed by atoms with Gasteiger partial charge in [-0.05, 0) is 19.3 Å². The molecule has 1 N–H and O–H groups in total. The van der Waals surface area contributed by atoms with Gasteiger partial charge in [-0.2, -0.15) is 0 Å². The van der Waals surface area contributed by atoms with Crippen molar-refractivity contribution in [3.05, 3.63) is 12.2 Å². The lowest BCUT2D eigenvalue weighted by Crippen LogP contribution is -2.36. The Morgan fingerprint density at radius 2 is 2.42 bits per heavy atom. The summed E-state index contributed by atoms with van der Waals surface area (Å²) < 4.78 is 0. The second kappa shape index (κ2) is 2.19. The number of rotatable bonds is 1. The maximum atomic E-state index is 11.5. The van der Waals surface area contributed by atoms with Crippen LogP contribution >= 0.6 is 0 Å². The highest BCUT2D eigenvalue weighted by molar-refractivity contribution is 6.08. The van der Waals surface area contributed by atoms with Crippen LogP contribution in [0.3, 0.4) is 0 Å². The Morgan fingerprint density at radius 3 is 3.00 bits per heavy atom. The quantitative estimate of drug-likeness (QED) is 0.467. The van der Waals surface area contributed by atoms with Gasteiger partial charge in [0.05, 0.1) is 0 Å². The van der Waals surface area contributed by atoms with Crippen molar-refractivity contribution in [2.45, 2.75) is 19.3 Å². The lowest BCUT2D eigenvalue weighted by atomic mass is 9.80. The van der Waals surface area contributed by atoms with Gasteiger partial charge in [-0.25, -0.2) is 0 Å². The minimum Gasteiger partial charge on any atom is -0.480 e. The molecule has 2 rings (SSSR count). The van der Waals surface area contributed by atoms with E-state index in [0.717, 1.165) is 12.8 Å². The van der Waals surface area contributed by atoms with E-state index in [0.29, 0.717) is 6.42 Å². The molecule has 0 heterocycles. The molecule has 0 aromatic heterocycles. The smallest absolute Gasteiger partial charge is 0.321 e. The standard InChI is InChI=1S/C9H10O3/c10-7-6-2-1-4-9(7,5-3-6)8(11)12/h1,4,6H,2-3,5H2,(H,11,12)/t6-,9-/m0/s1. The van der Waals surface area contributed by atoms with Crippen LogP contribution in [0.4, 0.5) is 0 Å². The second-order valence-corrected chi connectivity index (χ2v) is 3.51. The Kier molecular flexibility index (Phi) is 1.37. The molecular formula is C9H10O3. The zero-order valence-corrected chi connectivity index (χ0v) is 6.62. The van der Waals surface area contributed by atoms with Crippen molar-refractivity contribution in [2.24, 2.45) is 11.3 Å². The van der Waals surface area contributed by atoms with Crippen molar-refractivity contribution in [1.29, 1.82) is 0 Å². The van der Waals surface area contributed by atoms with Crippen LogP contribution in [0.15, 0.2) is 12.2 Å². The highest BCUT2D eigenvalue weighted by atomic mass is 16.4. The van der Waals surface area contributed by atoms with Crippen molar-refractivity contribution in [3.63, 3.8) is 0 Å². The molecule has 0 saturated heterocycles. The van der Waals surface area contributed by atoms with E-state index in [-0.39, 0.29) is 11.7 Å². The summed E-state index contributed by atoms with van der Waals surface area (Å²) in [5, 5.41) is 8.91. The number of ketones is 1. The molecule has 64 valence electrons. The predicted octanol–water partition coefficient (Wildman–Crippen LogP) is 0.996. The third kappa shape index (κ3) is 0.709. The molecule has 3 nitrogen and oxygen atoms in total. The van der Waals surface area contributed by atoms with Crippen LogP contribution in [0, 0.1) is 11.3 Å². The number of carbonyl (C=O) groups excluding carboxylic acids is 1. The van der Waals surface area contributed by atoms with Crippen molar-refractivity contribution < 1.29 is 14.7 Å². The molecule has 3 heteroatoms. The minimum atomic E-state index is -1.15. The van der Waals surface area contributed by atoms with Gasteiger partial charge < -0.3 is 5.11 Å². The number of carbonyl (C=O) groups is 2. The van der Waals surface area contributed by atoms with E-state index in [4.69, 9.17) is 5.11 Å². The molecular weight excluding hydrogens is 156 g/mol. The summed E-state index contributed by atoms with van der Waals surface area (Å²) in [6.07, 6.45) is 5.35. The highest BCUT2D eigenvalue weighted by Gasteiger charge is 2.52. The minimum absolute atomic E-state index is 0.0221. The van der Waals surface area contributed by atoms with Gasteiger partial charge in [0.25, 0.3) is 0 Å². The molecule has 0 unspecified atom stereocenters. The van der Waals surface area contributed by atoms with Crippen molar-refractivity contribution >= 4 is 11.8 Å². The van der Waals surface area contributed by atoms with E-state index in [9.17, 15) is 9.59 Å². The van der Waals surface area contributed by atoms with E-state index < -0.39 is 11.4 Å². The van der Waals surface area contributed by atoms with Crippen LogP contribution in [0.2, 0.25) is 0 Å². The van der Waals surface area contributed by atoms with Crippen LogP contribution in [0.5, 0.6) is 0 Å². The fraction of sp³-hybridized carbons (Fsp3) is 0.556. The Morgan fingerprint density at radius 1 is 1.67 bits per heavy atom. The van der Waals surface area contributed by atoms with Gasteiger partial charge in [-0.1, -0.05) is 12.2 Å². The topological polar surface area (TPSA) is 54.4 Å². The zero-order valence-electron chi connectivity index (χ0n) is 6.62. The second-order valence-electron chi connectivity index (χ2n) is 3.51. The average Bonchev–Trinajstić information content (AvgIpc) is 2.28. The van der Waals surface area contributed by atoms with E-state index in [1.165, 1.54) is 0 Å². The molecule has 2 atom stereocenters. The van der Waals surface area contributed by atoms with Crippen molar-refractivity contribution in [1.82, 2.24) is 0 Å². The summed E-state index contributed by atoms with van der Waals surface area (Å²) in [6.45, 7) is 0. The van der Waals surface area contributed by atoms with E-state index in [1.54, 1.807) is 6.08 Å². The van der Waals surface area contributed by atoms with Crippen LogP contribution in [0.25, 0.3) is 0 Å². The number of carboxylic acid groups (broad SMARTS) is 1. The lowest BCUT2D eigenvalue weighted by Gasteiger charge is -2.21. The number of hydrogen-bond donors (Lipinski definition) is 1. The van der Waals surface area contributed by atoms with Gasteiger partial charge >= 0.3 is 5.97 Å². The van der Waals surface area contributed by atoms with E-state index in [2.05, 4.69) is 0 Å². The number of fused-ring (bicyclic) bond motifs is 2. The summed E-state index contributed by atoms with van der Waals surface area (Å²) in [5.41, 5.74) is -1.15. The third-order valence-corrected chi connectivity index (χ3v) is 2.90. The molecule has 0 amide bonds. The Hall–Kier alpha value is -1.12. The number of hydrogen-bond acceptors (Lipinski definition) is 2. The van der Waals surface area contributed by atoms with Gasteiger partial charge in [0.2, 0.25) is 0 Å². The lowest BCUT2D eigenvalue weighted by molar-refractivity contribution is -0.150. The molecule has 2 aliphatic carbocycles. The monoisotopic (exact) mass is 166 g/mol. The molecule has 0 radical (unpaired) electrons. The van der Waals surface area contributed by atoms with E-state index in [1.807, 2.05) is 6.08 Å². The first-order valence-corrected chi connectivity index (χ1v) is 4.12. The fourth-order valence-corrected chi connectivity index (χ4v) is 2.13. The Balaban J connectivity index is 2.47. The number of allylic oxidation sites excluding steroid dienone is 1. The molecule has 0 spiro atoms. The maximum Gasteiger partial charge on any atom is 0.321 e. The summed E-state index contributed by atoms with van der Waals surface area (Å²) in [6, 6.07) is 0. The van der Waals surface area contributed by atoms with Gasteiger partial charge in [0, 0.05) is 5.92 Å². The first kappa shape index (κ1) is 7.53. The summed E-state index contributed by atoms with van der Waals surface area (Å²) in [4.78, 5) is 22.4. The SMILES string of the molecule is O=C(O)[C@@]12C=CC[C@@H](CC1)C2=O. The summed E-state index contributed by atoms with van der Waals surface area (Å²) in [7, 11) is 0. The van der Waals surface area contributed by atoms with Gasteiger partial charge in [0.1, 0.15) is 5.41 Å². The van der Waals surface area contributed by atoms with Crippen LogP contribution < -0.4 is 0 Å². The molecule has 0 aromatic rings. The normalized spacial score (nSPS) is 38.7. The van der Waals surface area contributed by atoms with Crippen molar-refractivity contribution in [2.75, 3.05) is 0 Å². The van der Waals surface area contributed by atoms with Crippen LogP contribution in [0.1, 0.15) is 19.3 Å². The molecule has 1 fully saturated rings. The maximum absolute atomic E-state index is 11.5. The molecule has 0 aromatic carbocycles. The molecule has 2 aliphatic rings. The molecule has 12 heavy (non-hydrogen) atoms. The first-order chi connectivity index (χ1) is 5.67. The largest absolute Gasteiger partial charge is 0.480 e. The molecule has 2 bridgehead atoms. The average molecular weight is 166 g/mol. The Bertz CT molecular complexity index is 279. The first-order valence-electron chi connectivity index (χ1n) is 4.12. The molecule has 1 saturated carbocycles. The Labute approximate surface area is 70.1 Å². The van der Waals surface area contributed by atoms with Gasteiger partial charge in [-0.15, -0.1) is 0 Å². The number of Topliss-reactive ketones (excluding diaryl/α,β-unsaturated/α-hetero) is 1. The van der Waals surface area contributed by atoms with Gasteiger partial charge in [-0.3, -0.25) is 9.59 Å². The van der Waals surface area contributed by atoms with Crippen LogP contribution in [-0.2, 0) is 9.59 Å². The van der Waals surface area contributed by atoms with Gasteiger partial charge in [0.15, 0.2) is 5.78 Å². The fourth-order valence-electron chi connectivity index (χ4n) is 2.13. The highest BCUT2D eigenvalue weighted by Crippen LogP contribution is 2.44. The van der Waals surface area contributed by atoms with Crippen LogP contribution in [-0.4, -0.2) is 16.9 Å². The molecule has 0 aliphatic heterocycles. The summed E-state index contributed by atoms with van der Waals surface area (Å²) >= 11 is 0. The van der Waals surface area contributed by atoms with E-state index >= 15 is 0 Å².